The molecule has 0 aliphatic carbocycles. The molecular formula is C26H18FN3O6S. The van der Waals surface area contributed by atoms with Crippen molar-refractivity contribution in [3.63, 3.8) is 0 Å². The van der Waals surface area contributed by atoms with E-state index in [4.69, 9.17) is 17.0 Å². The monoisotopic (exact) mass is 519 g/mol. The van der Waals surface area contributed by atoms with Crippen LogP contribution in [-0.2, 0) is 14.4 Å². The normalized spacial score (nSPS) is 14.4. The van der Waals surface area contributed by atoms with E-state index in [1.165, 1.54) is 54.6 Å². The molecule has 3 N–H and O–H groups in total. The minimum Gasteiger partial charge on any atom is -0.484 e. The van der Waals surface area contributed by atoms with Gasteiger partial charge in [-0.25, -0.2) is 9.18 Å². The number of nitrogens with one attached hydrogen (secondary N) is 2. The molecule has 1 aliphatic heterocycles. The molecule has 0 bridgehead atoms. The molecular weight excluding hydrogens is 501 g/mol. The summed E-state index contributed by atoms with van der Waals surface area (Å²) >= 11 is 5.14. The van der Waals surface area contributed by atoms with Gasteiger partial charge in [0.2, 0.25) is 0 Å². The molecule has 0 unspecified atom stereocenters. The maximum atomic E-state index is 13.1. The lowest BCUT2D eigenvalue weighted by Crippen LogP contribution is -2.54. The molecule has 4 rings (SSSR count). The minimum atomic E-state index is -1.17. The summed E-state index contributed by atoms with van der Waals surface area (Å²) in [6, 6.07) is 17.2. The number of nitrogens with zero attached hydrogens (tertiary/aromatic N) is 1. The fraction of sp³-hybridized carbons (Fsp3) is 0.0385. The van der Waals surface area contributed by atoms with E-state index in [9.17, 15) is 28.7 Å². The second kappa shape index (κ2) is 10.8. The van der Waals surface area contributed by atoms with E-state index in [-0.39, 0.29) is 28.5 Å². The number of halogens is 1. The van der Waals surface area contributed by atoms with Crippen LogP contribution in [0.15, 0.2) is 78.4 Å². The first kappa shape index (κ1) is 25.2. The molecule has 11 heteroatoms. The number of amides is 3. The zero-order valence-corrected chi connectivity index (χ0v) is 19.8. The number of carboxylic acids is 1. The smallest absolute Gasteiger partial charge is 0.335 e. The van der Waals surface area contributed by atoms with Crippen molar-refractivity contribution >= 4 is 58.5 Å². The fourth-order valence-electron chi connectivity index (χ4n) is 3.38. The van der Waals surface area contributed by atoms with E-state index in [0.717, 1.165) is 4.90 Å². The number of carbonyl (C=O) groups excluding carboxylic acids is 3. The molecule has 0 atom stereocenters. The third kappa shape index (κ3) is 6.03. The van der Waals surface area contributed by atoms with Crippen LogP contribution in [0, 0.1) is 5.82 Å². The van der Waals surface area contributed by atoms with Gasteiger partial charge < -0.3 is 15.2 Å². The Labute approximate surface area is 215 Å². The number of ether oxygens (including phenoxy) is 1. The number of thiocarbonyl (C=S) groups is 1. The topological polar surface area (TPSA) is 125 Å². The van der Waals surface area contributed by atoms with Crippen LogP contribution in [0.4, 0.5) is 15.8 Å². The lowest BCUT2D eigenvalue weighted by Gasteiger charge is -2.29. The van der Waals surface area contributed by atoms with Gasteiger partial charge in [0.15, 0.2) is 11.7 Å². The molecule has 0 aromatic heterocycles. The highest BCUT2D eigenvalue weighted by Gasteiger charge is 2.34. The maximum Gasteiger partial charge on any atom is 0.335 e. The van der Waals surface area contributed by atoms with Gasteiger partial charge in [0.1, 0.15) is 17.1 Å². The van der Waals surface area contributed by atoms with Gasteiger partial charge in [-0.1, -0.05) is 18.2 Å². The number of anilines is 2. The summed E-state index contributed by atoms with van der Waals surface area (Å²) in [4.78, 5) is 50.0. The Morgan fingerprint density at radius 2 is 1.76 bits per heavy atom. The molecule has 0 spiro atoms. The van der Waals surface area contributed by atoms with Crippen LogP contribution >= 0.6 is 12.2 Å². The van der Waals surface area contributed by atoms with Crippen LogP contribution in [-0.4, -0.2) is 40.5 Å². The minimum absolute atomic E-state index is 0.0440. The van der Waals surface area contributed by atoms with Gasteiger partial charge in [-0.2, -0.15) is 0 Å². The molecule has 3 aromatic rings. The van der Waals surface area contributed by atoms with E-state index in [1.807, 2.05) is 0 Å². The second-order valence-electron chi connectivity index (χ2n) is 7.73. The van der Waals surface area contributed by atoms with Gasteiger partial charge in [0.05, 0.1) is 11.3 Å². The second-order valence-corrected chi connectivity index (χ2v) is 8.11. The highest BCUT2D eigenvalue weighted by Crippen LogP contribution is 2.24. The van der Waals surface area contributed by atoms with Gasteiger partial charge in [0, 0.05) is 5.69 Å². The van der Waals surface area contributed by atoms with E-state index in [0.29, 0.717) is 17.0 Å². The summed E-state index contributed by atoms with van der Waals surface area (Å²) in [7, 11) is 0. The van der Waals surface area contributed by atoms with Gasteiger partial charge in [-0.3, -0.25) is 24.6 Å². The van der Waals surface area contributed by atoms with Gasteiger partial charge in [0.25, 0.3) is 17.7 Å². The largest absolute Gasteiger partial charge is 0.484 e. The first-order valence-electron chi connectivity index (χ1n) is 10.7. The zero-order chi connectivity index (χ0) is 26.5. The number of carbonyl (C=O) groups is 4. The van der Waals surface area contributed by atoms with Gasteiger partial charge >= 0.3 is 5.97 Å². The molecule has 0 radical (unpaired) electrons. The van der Waals surface area contributed by atoms with Crippen molar-refractivity contribution in [1.82, 2.24) is 5.32 Å². The van der Waals surface area contributed by atoms with E-state index in [1.54, 1.807) is 24.3 Å². The van der Waals surface area contributed by atoms with Gasteiger partial charge in [-0.05, 0) is 78.5 Å². The van der Waals surface area contributed by atoms with E-state index >= 15 is 0 Å². The predicted octanol–water partition coefficient (Wildman–Crippen LogP) is 3.37. The third-order valence-electron chi connectivity index (χ3n) is 5.14. The highest BCUT2D eigenvalue weighted by molar-refractivity contribution is 7.80. The summed E-state index contributed by atoms with van der Waals surface area (Å²) in [6.45, 7) is -0.291. The fourth-order valence-corrected chi connectivity index (χ4v) is 3.66. The Hall–Kier alpha value is -4.90. The quantitative estimate of drug-likeness (QED) is 0.248. The molecule has 3 amide bonds. The molecule has 1 saturated heterocycles. The number of hydrogen-bond donors (Lipinski definition) is 3. The van der Waals surface area contributed by atoms with Crippen LogP contribution in [0.2, 0.25) is 0 Å². The van der Waals surface area contributed by atoms with Crippen molar-refractivity contribution in [3.8, 4) is 5.75 Å². The van der Waals surface area contributed by atoms with Crippen molar-refractivity contribution in [2.75, 3.05) is 16.8 Å². The molecule has 9 nitrogen and oxygen atoms in total. The Balaban J connectivity index is 1.45. The van der Waals surface area contributed by atoms with Gasteiger partial charge in [-0.15, -0.1) is 0 Å². The lowest BCUT2D eigenvalue weighted by molar-refractivity contribution is -0.122. The van der Waals surface area contributed by atoms with Crippen LogP contribution in [0.1, 0.15) is 15.9 Å². The summed E-state index contributed by atoms with van der Waals surface area (Å²) < 4.78 is 18.4. The number of carboxylic acid groups (broad SMARTS) is 1. The van der Waals surface area contributed by atoms with Crippen molar-refractivity contribution in [2.45, 2.75) is 0 Å². The predicted molar refractivity (Wildman–Crippen MR) is 137 cm³/mol. The maximum absolute atomic E-state index is 13.1. The Bertz CT molecular complexity index is 1440. The van der Waals surface area contributed by atoms with Crippen molar-refractivity contribution < 1.29 is 33.4 Å². The van der Waals surface area contributed by atoms with Crippen molar-refractivity contribution in [3.05, 3.63) is 95.3 Å². The standard InChI is InChI=1S/C26H18FN3O6S/c27-17-6-8-18(9-7-17)28-22(31)14-36-20-10-4-15(5-11-20)12-21-23(32)29-26(37)30(24(21)33)19-3-1-2-16(13-19)25(34)35/h1-13H,14H2,(H,28,31)(H,34,35)(H,29,32,37)/b21-12+. The Kier molecular flexibility index (Phi) is 7.35. The zero-order valence-electron chi connectivity index (χ0n) is 18.9. The van der Waals surface area contributed by atoms with E-state index < -0.39 is 29.5 Å². The molecule has 1 fully saturated rings. The third-order valence-corrected chi connectivity index (χ3v) is 5.43. The Morgan fingerprint density at radius 3 is 2.43 bits per heavy atom. The summed E-state index contributed by atoms with van der Waals surface area (Å²) in [5, 5.41) is 14.1. The Morgan fingerprint density at radius 1 is 1.05 bits per heavy atom. The van der Waals surface area contributed by atoms with E-state index in [2.05, 4.69) is 10.6 Å². The van der Waals surface area contributed by atoms with Crippen molar-refractivity contribution in [2.24, 2.45) is 0 Å². The van der Waals surface area contributed by atoms with Crippen molar-refractivity contribution in [1.29, 1.82) is 0 Å². The summed E-state index contributed by atoms with van der Waals surface area (Å²) in [6.07, 6.45) is 1.36. The molecule has 1 aliphatic rings. The molecule has 186 valence electrons. The molecule has 0 saturated carbocycles. The van der Waals surface area contributed by atoms with Crippen LogP contribution in [0.5, 0.6) is 5.75 Å². The summed E-state index contributed by atoms with van der Waals surface area (Å²) in [5.41, 5.74) is 0.867. The average Bonchev–Trinajstić information content (AvgIpc) is 2.87. The van der Waals surface area contributed by atoms with Crippen LogP contribution in [0.3, 0.4) is 0 Å². The lowest BCUT2D eigenvalue weighted by atomic mass is 10.1. The first-order chi connectivity index (χ1) is 17.7. The SMILES string of the molecule is O=C(COc1ccc(/C=C2\C(=O)NC(=S)N(c3cccc(C(=O)O)c3)C2=O)cc1)Nc1ccc(F)cc1. The average molecular weight is 520 g/mol. The summed E-state index contributed by atoms with van der Waals surface area (Å²) in [5.74, 6) is -3.08. The molecule has 3 aromatic carbocycles. The first-order valence-corrected chi connectivity index (χ1v) is 11.2. The number of benzene rings is 3. The molecule has 37 heavy (non-hydrogen) atoms. The molecule has 1 heterocycles. The van der Waals surface area contributed by atoms with Crippen LogP contribution < -0.4 is 20.3 Å². The highest BCUT2D eigenvalue weighted by atomic mass is 32.1. The van der Waals surface area contributed by atoms with Crippen LogP contribution in [0.25, 0.3) is 6.08 Å². The number of hydrogen-bond acceptors (Lipinski definition) is 6. The number of aromatic carboxylic acids is 1. The number of rotatable bonds is 7.